The van der Waals surface area contributed by atoms with Crippen LogP contribution in [0.4, 0.5) is 0 Å². The lowest BCUT2D eigenvalue weighted by atomic mass is 9.87. The van der Waals surface area contributed by atoms with E-state index >= 15 is 0 Å². The highest BCUT2D eigenvalue weighted by molar-refractivity contribution is 7.99. The maximum absolute atomic E-state index is 3.46. The van der Waals surface area contributed by atoms with Gasteiger partial charge in [0.1, 0.15) is 0 Å². The van der Waals surface area contributed by atoms with Gasteiger partial charge in [-0.1, -0.05) is 13.8 Å². The summed E-state index contributed by atoms with van der Waals surface area (Å²) in [6.07, 6.45) is 4.11. The van der Waals surface area contributed by atoms with Crippen molar-refractivity contribution in [2.45, 2.75) is 39.2 Å². The molecular formula is C14H28N2S. The minimum Gasteiger partial charge on any atom is -0.317 e. The fraction of sp³-hybridized carbons (Fsp3) is 1.00. The van der Waals surface area contributed by atoms with Crippen LogP contribution in [0.1, 0.15) is 33.1 Å². The number of thioether (sulfide) groups is 1. The summed E-state index contributed by atoms with van der Waals surface area (Å²) in [7, 11) is 2.34. The third kappa shape index (κ3) is 4.15. The van der Waals surface area contributed by atoms with Gasteiger partial charge in [0.2, 0.25) is 0 Å². The maximum Gasteiger partial charge on any atom is 0.0188 e. The van der Waals surface area contributed by atoms with Gasteiger partial charge in [0.05, 0.1) is 0 Å². The van der Waals surface area contributed by atoms with Gasteiger partial charge in [-0.25, -0.2) is 0 Å². The zero-order valence-electron chi connectivity index (χ0n) is 11.7. The van der Waals surface area contributed by atoms with Gasteiger partial charge in [0.25, 0.3) is 0 Å². The molecule has 2 aliphatic heterocycles. The van der Waals surface area contributed by atoms with E-state index in [-0.39, 0.29) is 0 Å². The van der Waals surface area contributed by atoms with E-state index in [1.807, 2.05) is 0 Å². The first-order valence-corrected chi connectivity index (χ1v) is 8.21. The summed E-state index contributed by atoms with van der Waals surface area (Å²) in [6, 6.07) is 0.804. The third-order valence-electron chi connectivity index (χ3n) is 4.22. The number of nitrogens with zero attached hydrogens (tertiary/aromatic N) is 1. The molecule has 3 heteroatoms. The summed E-state index contributed by atoms with van der Waals surface area (Å²) in [5.41, 5.74) is 0.538. The van der Waals surface area contributed by atoms with Crippen molar-refractivity contribution in [3.63, 3.8) is 0 Å². The lowest BCUT2D eigenvalue weighted by Crippen LogP contribution is -2.44. The van der Waals surface area contributed by atoms with E-state index in [1.165, 1.54) is 50.4 Å². The molecule has 17 heavy (non-hydrogen) atoms. The number of hydrogen-bond donors (Lipinski definition) is 1. The average molecular weight is 256 g/mol. The van der Waals surface area contributed by atoms with E-state index in [0.29, 0.717) is 5.41 Å². The monoisotopic (exact) mass is 256 g/mol. The molecule has 2 fully saturated rings. The van der Waals surface area contributed by atoms with Gasteiger partial charge in [0, 0.05) is 18.3 Å². The van der Waals surface area contributed by atoms with Crippen molar-refractivity contribution in [3.8, 4) is 0 Å². The van der Waals surface area contributed by atoms with Crippen molar-refractivity contribution in [3.05, 3.63) is 0 Å². The quantitative estimate of drug-likeness (QED) is 0.835. The summed E-state index contributed by atoms with van der Waals surface area (Å²) in [6.45, 7) is 8.60. The Labute approximate surface area is 111 Å². The first-order valence-electron chi connectivity index (χ1n) is 7.05. The van der Waals surface area contributed by atoms with Gasteiger partial charge in [-0.15, -0.1) is 0 Å². The Hall–Kier alpha value is 0.270. The summed E-state index contributed by atoms with van der Waals surface area (Å²) in [5, 5.41) is 3.46. The van der Waals surface area contributed by atoms with Gasteiger partial charge < -0.3 is 10.2 Å². The highest BCUT2D eigenvalue weighted by Gasteiger charge is 2.31. The Morgan fingerprint density at radius 1 is 1.29 bits per heavy atom. The maximum atomic E-state index is 3.46. The Kier molecular flexibility index (Phi) is 4.79. The molecule has 0 saturated carbocycles. The van der Waals surface area contributed by atoms with Crippen LogP contribution in [0.3, 0.4) is 0 Å². The Balaban J connectivity index is 1.80. The van der Waals surface area contributed by atoms with E-state index < -0.39 is 0 Å². The largest absolute Gasteiger partial charge is 0.317 e. The van der Waals surface area contributed by atoms with Crippen LogP contribution in [-0.4, -0.2) is 49.1 Å². The van der Waals surface area contributed by atoms with Gasteiger partial charge in [-0.2, -0.15) is 11.8 Å². The summed E-state index contributed by atoms with van der Waals surface area (Å²) < 4.78 is 0. The highest BCUT2D eigenvalue weighted by Crippen LogP contribution is 2.35. The first-order chi connectivity index (χ1) is 8.07. The van der Waals surface area contributed by atoms with Crippen LogP contribution in [0.5, 0.6) is 0 Å². The van der Waals surface area contributed by atoms with Crippen LogP contribution in [0.15, 0.2) is 0 Å². The number of rotatable bonds is 3. The SMILES string of the molecule is CN(CC1CCNCC1)C1CSCC(C)(C)C1. The van der Waals surface area contributed by atoms with Crippen LogP contribution >= 0.6 is 11.8 Å². The molecule has 2 rings (SSSR count). The smallest absolute Gasteiger partial charge is 0.0188 e. The predicted octanol–water partition coefficient (Wildman–Crippen LogP) is 2.45. The van der Waals surface area contributed by atoms with E-state index in [0.717, 1.165) is 12.0 Å². The molecule has 0 aliphatic carbocycles. The zero-order chi connectivity index (χ0) is 12.3. The van der Waals surface area contributed by atoms with Gasteiger partial charge in [-0.3, -0.25) is 0 Å². The second-order valence-corrected chi connectivity index (χ2v) is 7.70. The molecule has 0 radical (unpaired) electrons. The molecule has 0 aromatic rings. The number of nitrogens with one attached hydrogen (secondary N) is 1. The van der Waals surface area contributed by atoms with E-state index in [4.69, 9.17) is 0 Å². The Morgan fingerprint density at radius 3 is 2.65 bits per heavy atom. The molecule has 1 N–H and O–H groups in total. The summed E-state index contributed by atoms with van der Waals surface area (Å²) in [4.78, 5) is 2.64. The van der Waals surface area contributed by atoms with E-state index in [2.05, 4.69) is 42.9 Å². The minimum absolute atomic E-state index is 0.538. The fourth-order valence-corrected chi connectivity index (χ4v) is 4.56. The lowest BCUT2D eigenvalue weighted by Gasteiger charge is -2.41. The van der Waals surface area contributed by atoms with Crippen molar-refractivity contribution < 1.29 is 0 Å². The van der Waals surface area contributed by atoms with Gasteiger partial charge in [0.15, 0.2) is 0 Å². The van der Waals surface area contributed by atoms with Crippen molar-refractivity contribution in [1.29, 1.82) is 0 Å². The molecule has 1 atom stereocenters. The van der Waals surface area contributed by atoms with Gasteiger partial charge >= 0.3 is 0 Å². The highest BCUT2D eigenvalue weighted by atomic mass is 32.2. The molecule has 0 amide bonds. The standard InChI is InChI=1S/C14H28N2S/c1-14(2)8-13(10-17-11-14)16(3)9-12-4-6-15-7-5-12/h12-13,15H,4-11H2,1-3H3. The molecule has 1 unspecified atom stereocenters. The van der Waals surface area contributed by atoms with Crippen LogP contribution in [0.2, 0.25) is 0 Å². The van der Waals surface area contributed by atoms with Crippen molar-refractivity contribution >= 4 is 11.8 Å². The molecule has 2 nitrogen and oxygen atoms in total. The second kappa shape index (κ2) is 5.94. The molecule has 0 bridgehead atoms. The van der Waals surface area contributed by atoms with Gasteiger partial charge in [-0.05, 0) is 56.5 Å². The Morgan fingerprint density at radius 2 is 2.00 bits per heavy atom. The lowest BCUT2D eigenvalue weighted by molar-refractivity contribution is 0.156. The normalized spacial score (nSPS) is 30.7. The van der Waals surface area contributed by atoms with Crippen LogP contribution < -0.4 is 5.32 Å². The molecule has 2 aliphatic rings. The van der Waals surface area contributed by atoms with Crippen molar-refractivity contribution in [1.82, 2.24) is 10.2 Å². The molecule has 0 spiro atoms. The number of piperidine rings is 1. The Bertz CT molecular complexity index is 236. The molecule has 2 saturated heterocycles. The average Bonchev–Trinajstić information content (AvgIpc) is 2.29. The van der Waals surface area contributed by atoms with Crippen molar-refractivity contribution in [2.24, 2.45) is 11.3 Å². The number of hydrogen-bond acceptors (Lipinski definition) is 3. The van der Waals surface area contributed by atoms with Crippen LogP contribution in [0, 0.1) is 11.3 Å². The topological polar surface area (TPSA) is 15.3 Å². The van der Waals surface area contributed by atoms with E-state index in [9.17, 15) is 0 Å². The van der Waals surface area contributed by atoms with Crippen LogP contribution in [0.25, 0.3) is 0 Å². The molecule has 0 aromatic heterocycles. The van der Waals surface area contributed by atoms with Crippen molar-refractivity contribution in [2.75, 3.05) is 38.2 Å². The molecule has 0 aromatic carbocycles. The molecule has 100 valence electrons. The van der Waals surface area contributed by atoms with Crippen LogP contribution in [-0.2, 0) is 0 Å². The van der Waals surface area contributed by atoms with E-state index in [1.54, 1.807) is 0 Å². The zero-order valence-corrected chi connectivity index (χ0v) is 12.5. The first kappa shape index (κ1) is 13.7. The third-order valence-corrected chi connectivity index (χ3v) is 5.83. The predicted molar refractivity (Wildman–Crippen MR) is 77.7 cm³/mol. The minimum atomic E-state index is 0.538. The fourth-order valence-electron chi connectivity index (χ4n) is 3.13. The summed E-state index contributed by atoms with van der Waals surface area (Å²) in [5.74, 6) is 3.60. The summed E-state index contributed by atoms with van der Waals surface area (Å²) >= 11 is 2.15. The molecular weight excluding hydrogens is 228 g/mol. The second-order valence-electron chi connectivity index (χ2n) is 6.67. The molecule has 2 heterocycles.